The second kappa shape index (κ2) is 35.0. The largest absolute Gasteiger partial charge is 0.437 e. The number of aromatic nitrogens is 6. The quantitative estimate of drug-likeness (QED) is 0.114. The molecule has 0 fully saturated rings. The Morgan fingerprint density at radius 3 is 1.27 bits per heavy atom. The zero-order chi connectivity index (χ0) is 79.9. The number of pyridine rings is 6. The number of aryl methyl sites for hydroxylation is 13. The predicted molar refractivity (Wildman–Crippen MR) is 473 cm³/mol. The summed E-state index contributed by atoms with van der Waals surface area (Å²) >= 11 is 0. The molecule has 0 saturated carbocycles. The Morgan fingerprint density at radius 1 is 0.321 bits per heavy atom. The molecule has 7 nitrogen and oxygen atoms in total. The van der Waals surface area contributed by atoms with Crippen molar-refractivity contribution < 1.29 is 27.3 Å². The molecule has 0 aliphatic rings. The Bertz CT molecular complexity index is 6130. The van der Waals surface area contributed by atoms with Crippen molar-refractivity contribution >= 4 is 65.7 Å². The summed E-state index contributed by atoms with van der Waals surface area (Å²) in [7, 11) is 10.8. The highest BCUT2D eigenvalue weighted by molar-refractivity contribution is 6.09. The fourth-order valence-electron chi connectivity index (χ4n) is 16.2. The van der Waals surface area contributed by atoms with Crippen molar-refractivity contribution in [2.24, 2.45) is 53.0 Å². The van der Waals surface area contributed by atoms with Gasteiger partial charge in [0.05, 0.1) is 5.56 Å². The first-order chi connectivity index (χ1) is 53.6. The van der Waals surface area contributed by atoms with Crippen molar-refractivity contribution in [3.05, 3.63) is 321 Å². The molecule has 0 N–H and O–H groups in total. The molecule has 16 rings (SSSR count). The first kappa shape index (κ1) is 80.2. The van der Waals surface area contributed by atoms with Crippen LogP contribution in [0.4, 0.5) is 0 Å². The first-order valence-electron chi connectivity index (χ1n) is 40.3. The number of para-hydroxylation sites is 1. The van der Waals surface area contributed by atoms with Gasteiger partial charge in [-0.05, 0) is 228 Å². The van der Waals surface area contributed by atoms with Gasteiger partial charge in [-0.15, -0.1) is 0 Å². The van der Waals surface area contributed by atoms with E-state index in [1.165, 1.54) is 161 Å². The van der Waals surface area contributed by atoms with Gasteiger partial charge >= 0.3 is 0 Å². The Morgan fingerprint density at radius 2 is 0.750 bits per heavy atom. The predicted octanol–water partition coefficient (Wildman–Crippen LogP) is 24.3. The van der Waals surface area contributed by atoms with Crippen molar-refractivity contribution in [3.63, 3.8) is 0 Å². The molecule has 7 heteroatoms. The van der Waals surface area contributed by atoms with Gasteiger partial charge in [-0.25, -0.2) is 9.55 Å². The fraction of sp³-hybridized carbons (Fsp3) is 0.276. The smallest absolute Gasteiger partial charge is 0.227 e. The van der Waals surface area contributed by atoms with Crippen molar-refractivity contribution in [2.45, 2.75) is 143 Å². The lowest BCUT2D eigenvalue weighted by Gasteiger charge is -2.12. The molecular formula is C105H117N6O+5. The van der Waals surface area contributed by atoms with E-state index < -0.39 is 0 Å². The zero-order valence-corrected chi connectivity index (χ0v) is 70.7. The van der Waals surface area contributed by atoms with Crippen LogP contribution in [0.5, 0.6) is 0 Å². The molecule has 7 heterocycles. The summed E-state index contributed by atoms with van der Waals surface area (Å²) in [6.07, 6.45) is 5.51. The average molecular weight is 1480 g/mol. The van der Waals surface area contributed by atoms with Crippen LogP contribution in [0.25, 0.3) is 122 Å². The lowest BCUT2D eigenvalue weighted by atomic mass is 9.95. The number of nitrogens with zero attached hydrogens (tertiary/aromatic N) is 6. The van der Waals surface area contributed by atoms with Gasteiger partial charge in [-0.3, -0.25) is 0 Å². The van der Waals surface area contributed by atoms with Crippen LogP contribution in [0, 0.1) is 80.1 Å². The topological polar surface area (TPSA) is 45.4 Å². The van der Waals surface area contributed by atoms with E-state index in [-0.39, 0.29) is 0 Å². The normalized spacial score (nSPS) is 11.4. The molecule has 0 unspecified atom stereocenters. The van der Waals surface area contributed by atoms with E-state index in [4.69, 9.17) is 4.42 Å². The van der Waals surface area contributed by atoms with Gasteiger partial charge in [0, 0.05) is 121 Å². The maximum Gasteiger partial charge on any atom is 0.227 e. The van der Waals surface area contributed by atoms with Crippen LogP contribution in [-0.4, -0.2) is 4.98 Å². The zero-order valence-electron chi connectivity index (χ0n) is 70.7. The molecule has 0 amide bonds. The lowest BCUT2D eigenvalue weighted by Crippen LogP contribution is -2.32. The highest BCUT2D eigenvalue weighted by Gasteiger charge is 2.25. The lowest BCUT2D eigenvalue weighted by molar-refractivity contribution is -0.660. The Labute approximate surface area is 667 Å². The molecule has 0 radical (unpaired) electrons. The number of rotatable bonds is 12. The Kier molecular flexibility index (Phi) is 25.1. The molecule has 16 aromatic rings. The number of hydrogen-bond donors (Lipinski definition) is 0. The molecular weight excluding hydrogens is 1360 g/mol. The number of furan rings is 1. The van der Waals surface area contributed by atoms with E-state index in [1.54, 1.807) is 0 Å². The molecule has 0 aliphatic carbocycles. The van der Waals surface area contributed by atoms with Gasteiger partial charge in [0.1, 0.15) is 35.2 Å². The molecule has 0 atom stereocenters. The van der Waals surface area contributed by atoms with Gasteiger partial charge < -0.3 is 4.42 Å². The van der Waals surface area contributed by atoms with E-state index in [0.29, 0.717) is 29.4 Å². The third-order valence-electron chi connectivity index (χ3n) is 22.4. The van der Waals surface area contributed by atoms with Crippen LogP contribution in [0.15, 0.2) is 253 Å². The van der Waals surface area contributed by atoms with Gasteiger partial charge in [0.15, 0.2) is 11.8 Å². The third kappa shape index (κ3) is 17.6. The number of benzene rings is 9. The minimum atomic E-state index is 0.486. The molecule has 0 bridgehead atoms. The highest BCUT2D eigenvalue weighted by Crippen LogP contribution is 2.38. The minimum absolute atomic E-state index is 0.486. The standard InChI is InChI=1S/C23H28N.C22H23N2O.C22H26N.C21H24N.C17H16N/c1-15(2)12-19-8-7-9-22-20(19)10-11-23(24(22)6)21-14-16(3)13-17(4)18(21)5;1-13(2)16-10-11-24(5)19(12-16)20-14(3)6-8-17-18-9-7-15(4)23-22(18)25-21(17)20;1-15(2)13-18-7-6-8-21-19(18)11-12-22(23(21)5)20-14-16(3)9-10-17(20)4;1-15(2)14-17-9-7-11-20-19(17)12-13-21(22(20)4)18-10-6-5-8-16(18)3;1-13-7-3-5-9-15(13)17-12-11-14-8-4-6-10-16(14)18(17)2/h7-11,13-15H,12H2,1-6H3;6-13H,1-5H3;6-12,14-15H,13H2,1-5H3;5-13,15H,14H2,1-4H3;3-12H,1-2H3/q5*+1. The highest BCUT2D eigenvalue weighted by atomic mass is 16.3. The van der Waals surface area contributed by atoms with Crippen molar-refractivity contribution in [1.82, 2.24) is 4.98 Å². The molecule has 9 aromatic carbocycles. The number of fused-ring (bicyclic) bond motifs is 7. The van der Waals surface area contributed by atoms with E-state index in [2.05, 4.69) is 417 Å². The van der Waals surface area contributed by atoms with Crippen LogP contribution in [0.3, 0.4) is 0 Å². The van der Waals surface area contributed by atoms with Crippen molar-refractivity contribution in [3.8, 4) is 56.3 Å². The number of hydrogen-bond acceptors (Lipinski definition) is 2. The Balaban J connectivity index is 0.000000130. The molecule has 0 spiro atoms. The van der Waals surface area contributed by atoms with Crippen molar-refractivity contribution in [1.29, 1.82) is 0 Å². The van der Waals surface area contributed by atoms with Crippen LogP contribution in [0.1, 0.15) is 134 Å². The minimum Gasteiger partial charge on any atom is -0.437 e. The van der Waals surface area contributed by atoms with Crippen LogP contribution in [0.2, 0.25) is 0 Å². The molecule has 0 aliphatic heterocycles. The summed E-state index contributed by atoms with van der Waals surface area (Å²) in [6.45, 7) is 37.5. The average Bonchev–Trinajstić information content (AvgIpc) is 1.51. The maximum absolute atomic E-state index is 6.23. The fourth-order valence-corrected chi connectivity index (χ4v) is 16.2. The summed E-state index contributed by atoms with van der Waals surface area (Å²) in [6, 6.07) is 87.9. The van der Waals surface area contributed by atoms with Gasteiger partial charge in [-0.1, -0.05) is 182 Å². The third-order valence-corrected chi connectivity index (χ3v) is 22.4. The monoisotopic (exact) mass is 1480 g/mol. The second-order valence-corrected chi connectivity index (χ2v) is 32.9. The molecule has 0 saturated heterocycles. The van der Waals surface area contributed by atoms with Gasteiger partial charge in [-0.2, -0.15) is 18.3 Å². The SMILES string of the molecule is Cc1cc(C)c(C)c(-c2ccc3c(CC(C)C)cccc3[n+]2C)c1.Cc1ccc(C)c(-c2ccc3c(CC(C)C)cccc3[n+]2C)c1.Cc1ccc2c(n1)oc1c(-c3cc(C(C)C)cc[n+]3C)c(C)ccc12.Cc1ccccc1-c1ccc2c(CC(C)C)cccc2[n+]1C.Cc1ccccc1-c1ccc2ccccc2[n+]1C. The molecule has 568 valence electrons. The van der Waals surface area contributed by atoms with Crippen LogP contribution in [-0.2, 0) is 54.5 Å². The van der Waals surface area contributed by atoms with Gasteiger partial charge in [0.2, 0.25) is 56.2 Å². The second-order valence-electron chi connectivity index (χ2n) is 32.9. The summed E-state index contributed by atoms with van der Waals surface area (Å²) in [5, 5.41) is 7.59. The van der Waals surface area contributed by atoms with Crippen LogP contribution < -0.4 is 22.8 Å². The van der Waals surface area contributed by atoms with E-state index in [0.717, 1.165) is 46.9 Å². The van der Waals surface area contributed by atoms with Crippen LogP contribution >= 0.6 is 0 Å². The molecule has 7 aromatic heterocycles. The Hall–Kier alpha value is -11.3. The summed E-state index contributed by atoms with van der Waals surface area (Å²) < 4.78 is 17.7. The molecule has 112 heavy (non-hydrogen) atoms. The maximum atomic E-state index is 6.23. The van der Waals surface area contributed by atoms with E-state index in [1.807, 2.05) is 13.0 Å². The van der Waals surface area contributed by atoms with E-state index in [9.17, 15) is 0 Å². The first-order valence-corrected chi connectivity index (χ1v) is 40.3. The summed E-state index contributed by atoms with van der Waals surface area (Å²) in [5.74, 6) is 2.50. The van der Waals surface area contributed by atoms with Crippen molar-refractivity contribution in [2.75, 3.05) is 0 Å². The van der Waals surface area contributed by atoms with Gasteiger partial charge in [0.25, 0.3) is 0 Å². The summed E-state index contributed by atoms with van der Waals surface area (Å²) in [5.41, 5.74) is 36.6. The van der Waals surface area contributed by atoms with E-state index >= 15 is 0 Å². The summed E-state index contributed by atoms with van der Waals surface area (Å²) in [4.78, 5) is 4.57.